The summed E-state index contributed by atoms with van der Waals surface area (Å²) < 4.78 is 6.10. The zero-order chi connectivity index (χ0) is 15.0. The van der Waals surface area contributed by atoms with Crippen molar-refractivity contribution in [3.63, 3.8) is 0 Å². The third-order valence-electron chi connectivity index (χ3n) is 3.04. The van der Waals surface area contributed by atoms with E-state index < -0.39 is 11.5 Å². The van der Waals surface area contributed by atoms with Gasteiger partial charge in [0.15, 0.2) is 5.65 Å². The van der Waals surface area contributed by atoms with Gasteiger partial charge in [-0.1, -0.05) is 13.8 Å². The topological polar surface area (TPSA) is 96.7 Å². The Morgan fingerprint density at radius 3 is 2.70 bits per heavy atom. The second kappa shape index (κ2) is 4.99. The first-order valence-electron chi connectivity index (χ1n) is 6.40. The van der Waals surface area contributed by atoms with E-state index in [9.17, 15) is 14.7 Å². The molecule has 0 saturated heterocycles. The van der Waals surface area contributed by atoms with E-state index in [0.717, 1.165) is 4.52 Å². The van der Waals surface area contributed by atoms with Gasteiger partial charge in [-0.2, -0.15) is 9.61 Å². The van der Waals surface area contributed by atoms with Crippen molar-refractivity contribution in [3.8, 4) is 5.88 Å². The Hall–Kier alpha value is -2.31. The maximum absolute atomic E-state index is 12.0. The lowest BCUT2D eigenvalue weighted by molar-refractivity contribution is 0.0527. The Balaban J connectivity index is 2.79. The van der Waals surface area contributed by atoms with Gasteiger partial charge in [0.1, 0.15) is 5.56 Å². The molecule has 0 aliphatic rings. The van der Waals surface area contributed by atoms with Crippen LogP contribution in [0.25, 0.3) is 5.65 Å². The molecule has 0 radical (unpaired) electrons. The highest BCUT2D eigenvalue weighted by Crippen LogP contribution is 2.24. The highest BCUT2D eigenvalue weighted by atomic mass is 16.5. The number of aromatic nitrogens is 3. The van der Waals surface area contributed by atoms with Gasteiger partial charge in [-0.3, -0.25) is 4.79 Å². The van der Waals surface area contributed by atoms with Gasteiger partial charge < -0.3 is 14.8 Å². The van der Waals surface area contributed by atoms with Crippen molar-refractivity contribution in [2.24, 2.45) is 0 Å². The number of aromatic amines is 1. The lowest BCUT2D eigenvalue weighted by atomic mass is 10.1. The largest absolute Gasteiger partial charge is 0.493 e. The van der Waals surface area contributed by atoms with E-state index in [0.29, 0.717) is 5.69 Å². The number of rotatable bonds is 3. The molecule has 0 aliphatic carbocycles. The van der Waals surface area contributed by atoms with E-state index in [1.807, 2.05) is 0 Å². The lowest BCUT2D eigenvalue weighted by Gasteiger charge is -2.08. The molecule has 7 heteroatoms. The van der Waals surface area contributed by atoms with E-state index in [2.05, 4.69) is 10.1 Å². The molecule has 0 aromatic carbocycles. The number of nitrogens with zero attached hydrogens (tertiary/aromatic N) is 2. The van der Waals surface area contributed by atoms with Gasteiger partial charge in [-0.25, -0.2) is 4.79 Å². The van der Waals surface area contributed by atoms with Crippen LogP contribution in [-0.4, -0.2) is 32.3 Å². The Labute approximate surface area is 115 Å². The summed E-state index contributed by atoms with van der Waals surface area (Å²) >= 11 is 0. The molecular formula is C13H17N3O4. The molecule has 0 atom stereocenters. The van der Waals surface area contributed by atoms with Crippen molar-refractivity contribution < 1.29 is 14.6 Å². The maximum Gasteiger partial charge on any atom is 0.343 e. The average molecular weight is 279 g/mol. The highest BCUT2D eigenvalue weighted by Gasteiger charge is 2.24. The number of esters is 1. The van der Waals surface area contributed by atoms with Crippen LogP contribution in [-0.2, 0) is 4.74 Å². The summed E-state index contributed by atoms with van der Waals surface area (Å²) in [5.41, 5.74) is 0.489. The van der Waals surface area contributed by atoms with Crippen molar-refractivity contribution in [2.45, 2.75) is 33.6 Å². The van der Waals surface area contributed by atoms with E-state index in [1.54, 1.807) is 27.7 Å². The Bertz CT molecular complexity index is 727. The highest BCUT2D eigenvalue weighted by molar-refractivity contribution is 5.97. The minimum atomic E-state index is -0.577. The number of fused-ring (bicyclic) bond motifs is 1. The molecule has 0 saturated carbocycles. The average Bonchev–Trinajstić information content (AvgIpc) is 2.65. The molecule has 2 aromatic rings. The monoisotopic (exact) mass is 279 g/mol. The number of carbonyl (C=O) groups excluding carboxylic acids is 1. The van der Waals surface area contributed by atoms with Gasteiger partial charge in [0.05, 0.1) is 17.9 Å². The van der Waals surface area contributed by atoms with Gasteiger partial charge in [-0.15, -0.1) is 0 Å². The number of aryl methyl sites for hydroxylation is 1. The second-order valence-electron chi connectivity index (χ2n) is 4.79. The third kappa shape index (κ3) is 2.04. The zero-order valence-corrected chi connectivity index (χ0v) is 11.9. The molecule has 2 N–H and O–H groups in total. The fourth-order valence-electron chi connectivity index (χ4n) is 2.15. The molecule has 0 amide bonds. The zero-order valence-electron chi connectivity index (χ0n) is 11.9. The first-order valence-corrected chi connectivity index (χ1v) is 6.40. The van der Waals surface area contributed by atoms with Crippen molar-refractivity contribution in [1.29, 1.82) is 0 Å². The lowest BCUT2D eigenvalue weighted by Crippen LogP contribution is -2.18. The predicted molar refractivity (Wildman–Crippen MR) is 72.3 cm³/mol. The molecular weight excluding hydrogens is 262 g/mol. The van der Waals surface area contributed by atoms with Gasteiger partial charge in [-0.05, 0) is 19.8 Å². The number of nitrogens with one attached hydrogen (secondary N) is 1. The summed E-state index contributed by atoms with van der Waals surface area (Å²) in [5, 5.41) is 14.3. The van der Waals surface area contributed by atoms with Crippen molar-refractivity contribution in [3.05, 3.63) is 27.2 Å². The summed E-state index contributed by atoms with van der Waals surface area (Å²) in [6.07, 6.45) is 0. The van der Waals surface area contributed by atoms with Crippen LogP contribution in [0.5, 0.6) is 5.88 Å². The molecule has 0 spiro atoms. The Kier molecular flexibility index (Phi) is 3.52. The molecule has 7 nitrogen and oxygen atoms in total. The van der Waals surface area contributed by atoms with Gasteiger partial charge in [0.25, 0.3) is 5.56 Å². The number of hydrogen-bond donors (Lipinski definition) is 2. The van der Waals surface area contributed by atoms with Crippen LogP contribution in [0.1, 0.15) is 48.3 Å². The normalized spacial score (nSPS) is 11.2. The van der Waals surface area contributed by atoms with E-state index >= 15 is 0 Å². The molecule has 0 aliphatic heterocycles. The first-order chi connectivity index (χ1) is 9.38. The summed E-state index contributed by atoms with van der Waals surface area (Å²) in [4.78, 5) is 26.5. The first kappa shape index (κ1) is 14.1. The summed E-state index contributed by atoms with van der Waals surface area (Å²) in [6.45, 7) is 7.11. The Morgan fingerprint density at radius 1 is 1.50 bits per heavy atom. The van der Waals surface area contributed by atoms with Gasteiger partial charge >= 0.3 is 5.97 Å². The number of hydrogen-bond acceptors (Lipinski definition) is 5. The van der Waals surface area contributed by atoms with Crippen molar-refractivity contribution in [2.75, 3.05) is 6.61 Å². The van der Waals surface area contributed by atoms with Gasteiger partial charge in [0.2, 0.25) is 5.88 Å². The van der Waals surface area contributed by atoms with E-state index in [-0.39, 0.29) is 35.2 Å². The summed E-state index contributed by atoms with van der Waals surface area (Å²) in [7, 11) is 0. The minimum absolute atomic E-state index is 0.146. The smallest absolute Gasteiger partial charge is 0.343 e. The summed E-state index contributed by atoms with van der Waals surface area (Å²) in [5.74, 6) is -0.997. The fourth-order valence-corrected chi connectivity index (χ4v) is 2.15. The molecule has 20 heavy (non-hydrogen) atoms. The van der Waals surface area contributed by atoms with E-state index in [4.69, 9.17) is 4.74 Å². The molecule has 2 rings (SSSR count). The van der Waals surface area contributed by atoms with Crippen molar-refractivity contribution >= 4 is 11.6 Å². The standard InChI is InChI=1S/C13H17N3O4/c1-5-20-13(19)9-7(4)15-16-10(9)14-11(17)8(6(2)3)12(16)18/h6,18H,5H2,1-4H3,(H,14,17). The SMILES string of the molecule is CCOC(=O)c1c(C)nn2c(O)c(C(C)C)c(=O)[nH]c12. The Morgan fingerprint density at radius 2 is 2.15 bits per heavy atom. The minimum Gasteiger partial charge on any atom is -0.493 e. The molecule has 0 fully saturated rings. The van der Waals surface area contributed by atoms with Crippen molar-refractivity contribution in [1.82, 2.24) is 14.6 Å². The van der Waals surface area contributed by atoms with Crippen LogP contribution >= 0.6 is 0 Å². The van der Waals surface area contributed by atoms with E-state index in [1.165, 1.54) is 0 Å². The number of H-pyrrole nitrogens is 1. The number of aromatic hydroxyl groups is 1. The molecule has 2 heterocycles. The van der Waals surface area contributed by atoms with Crippen LogP contribution in [0.2, 0.25) is 0 Å². The maximum atomic E-state index is 12.0. The molecule has 108 valence electrons. The van der Waals surface area contributed by atoms with Crippen LogP contribution in [0.15, 0.2) is 4.79 Å². The second-order valence-corrected chi connectivity index (χ2v) is 4.79. The van der Waals surface area contributed by atoms with Crippen LogP contribution in [0, 0.1) is 6.92 Å². The fraction of sp³-hybridized carbons (Fsp3) is 0.462. The quantitative estimate of drug-likeness (QED) is 0.826. The molecule has 0 unspecified atom stereocenters. The number of carbonyl (C=O) groups is 1. The molecule has 2 aromatic heterocycles. The van der Waals surface area contributed by atoms with Gasteiger partial charge in [0, 0.05) is 0 Å². The van der Waals surface area contributed by atoms with Crippen LogP contribution < -0.4 is 5.56 Å². The van der Waals surface area contributed by atoms with Crippen LogP contribution in [0.4, 0.5) is 0 Å². The third-order valence-corrected chi connectivity index (χ3v) is 3.04. The predicted octanol–water partition coefficient (Wildman–Crippen LogP) is 1.34. The molecule has 0 bridgehead atoms. The number of ether oxygens (including phenoxy) is 1. The van der Waals surface area contributed by atoms with Crippen LogP contribution in [0.3, 0.4) is 0 Å². The summed E-state index contributed by atoms with van der Waals surface area (Å²) in [6, 6.07) is 0.